The summed E-state index contributed by atoms with van der Waals surface area (Å²) in [6, 6.07) is 22.9. The molecule has 0 bridgehead atoms. The number of hydrogen-bond acceptors (Lipinski definition) is 0. The van der Waals surface area contributed by atoms with Gasteiger partial charge in [-0.05, 0) is 70.2 Å². The molecule has 150 valence electrons. The number of rotatable bonds is 9. The molecule has 1 aliphatic rings. The number of benzene rings is 3. The van der Waals surface area contributed by atoms with Crippen molar-refractivity contribution in [3.8, 4) is 22.3 Å². The molecule has 0 N–H and O–H groups in total. The smallest absolute Gasteiger partial charge is 0.000728 e. The van der Waals surface area contributed by atoms with Gasteiger partial charge in [-0.1, -0.05) is 107 Å². The predicted octanol–water partition coefficient (Wildman–Crippen LogP) is 8.39. The zero-order valence-electron chi connectivity index (χ0n) is 18.1. The second-order valence-electron chi connectivity index (χ2n) is 8.52. The average molecular weight is 383 g/mol. The second kappa shape index (κ2) is 9.44. The van der Waals surface area contributed by atoms with E-state index in [1.165, 1.54) is 84.7 Å². The van der Waals surface area contributed by atoms with Crippen LogP contribution in [0.3, 0.4) is 0 Å². The van der Waals surface area contributed by atoms with Crippen LogP contribution in [0, 0.1) is 0 Å². The Labute approximate surface area is 177 Å². The molecule has 0 heteroatoms. The molecule has 0 fully saturated rings. The van der Waals surface area contributed by atoms with E-state index < -0.39 is 0 Å². The van der Waals surface area contributed by atoms with Crippen molar-refractivity contribution in [2.75, 3.05) is 0 Å². The first-order valence-corrected chi connectivity index (χ1v) is 11.6. The molecule has 0 aliphatic heterocycles. The Hall–Kier alpha value is -2.34. The number of unbranched alkanes of at least 4 members (excludes halogenated alkanes) is 4. The minimum absolute atomic E-state index is 1.07. The first kappa shape index (κ1) is 20.0. The van der Waals surface area contributed by atoms with Gasteiger partial charge >= 0.3 is 0 Å². The molecular formula is C29H34. The maximum absolute atomic E-state index is 2.37. The summed E-state index contributed by atoms with van der Waals surface area (Å²) in [5, 5.41) is 0. The monoisotopic (exact) mass is 382 g/mol. The van der Waals surface area contributed by atoms with Crippen LogP contribution in [-0.4, -0.2) is 0 Å². The van der Waals surface area contributed by atoms with Gasteiger partial charge in [-0.25, -0.2) is 0 Å². The first-order valence-electron chi connectivity index (χ1n) is 11.6. The topological polar surface area (TPSA) is 0 Å². The lowest BCUT2D eigenvalue weighted by Crippen LogP contribution is -2.00. The van der Waals surface area contributed by atoms with Crippen molar-refractivity contribution >= 4 is 0 Å². The Morgan fingerprint density at radius 2 is 1.28 bits per heavy atom. The van der Waals surface area contributed by atoms with E-state index in [-0.39, 0.29) is 0 Å². The number of aryl methyl sites for hydroxylation is 1. The van der Waals surface area contributed by atoms with E-state index in [4.69, 9.17) is 0 Å². The first-order chi connectivity index (χ1) is 14.3. The largest absolute Gasteiger partial charge is 0.0654 e. The molecule has 4 rings (SSSR count). The van der Waals surface area contributed by atoms with Crippen LogP contribution >= 0.6 is 0 Å². The average Bonchev–Trinajstić information content (AvgIpc) is 3.13. The van der Waals surface area contributed by atoms with Gasteiger partial charge in [0.1, 0.15) is 0 Å². The molecule has 29 heavy (non-hydrogen) atoms. The van der Waals surface area contributed by atoms with Gasteiger partial charge in [0.25, 0.3) is 0 Å². The van der Waals surface area contributed by atoms with Gasteiger partial charge in [-0.3, -0.25) is 0 Å². The molecule has 1 aliphatic carbocycles. The fraction of sp³-hybridized carbons (Fsp3) is 0.379. The third kappa shape index (κ3) is 4.17. The van der Waals surface area contributed by atoms with Gasteiger partial charge in [-0.2, -0.15) is 0 Å². The Balaban J connectivity index is 1.71. The van der Waals surface area contributed by atoms with Crippen LogP contribution < -0.4 is 0 Å². The third-order valence-electron chi connectivity index (χ3n) is 6.46. The van der Waals surface area contributed by atoms with Crippen LogP contribution in [-0.2, 0) is 19.3 Å². The molecule has 0 unspecified atom stereocenters. The van der Waals surface area contributed by atoms with E-state index in [1.807, 2.05) is 0 Å². The van der Waals surface area contributed by atoms with Gasteiger partial charge in [0.2, 0.25) is 0 Å². The van der Waals surface area contributed by atoms with E-state index in [9.17, 15) is 0 Å². The van der Waals surface area contributed by atoms with E-state index >= 15 is 0 Å². The van der Waals surface area contributed by atoms with Gasteiger partial charge in [-0.15, -0.1) is 0 Å². The molecule has 0 atom stereocenters. The van der Waals surface area contributed by atoms with Crippen LogP contribution in [0.15, 0.2) is 60.7 Å². The fourth-order valence-corrected chi connectivity index (χ4v) is 5.00. The standard InChI is InChI=1S/C29H34/c1-3-5-6-7-8-16-24-22(13-4-2)15-11-18-26(24)28-20-12-19-27-25-17-10-9-14-23(25)21-29(27)28/h9-12,14-15,17-20H,3-8,13,16,21H2,1-2H3. The van der Waals surface area contributed by atoms with Gasteiger partial charge in [0, 0.05) is 0 Å². The highest BCUT2D eigenvalue weighted by Crippen LogP contribution is 2.42. The lowest BCUT2D eigenvalue weighted by atomic mass is 9.87. The summed E-state index contributed by atoms with van der Waals surface area (Å²) in [6.45, 7) is 4.59. The fourth-order valence-electron chi connectivity index (χ4n) is 5.00. The second-order valence-corrected chi connectivity index (χ2v) is 8.52. The number of hydrogen-bond donors (Lipinski definition) is 0. The Morgan fingerprint density at radius 3 is 2.10 bits per heavy atom. The van der Waals surface area contributed by atoms with Crippen molar-refractivity contribution in [3.63, 3.8) is 0 Å². The van der Waals surface area contributed by atoms with Crippen LogP contribution in [0.1, 0.15) is 74.6 Å². The summed E-state index contributed by atoms with van der Waals surface area (Å²) < 4.78 is 0. The molecule has 3 aromatic rings. The highest BCUT2D eigenvalue weighted by molar-refractivity contribution is 5.85. The van der Waals surface area contributed by atoms with Crippen molar-refractivity contribution in [2.24, 2.45) is 0 Å². The molecule has 0 saturated carbocycles. The molecule has 0 aromatic heterocycles. The highest BCUT2D eigenvalue weighted by Gasteiger charge is 2.22. The summed E-state index contributed by atoms with van der Waals surface area (Å²) in [6.07, 6.45) is 11.4. The van der Waals surface area contributed by atoms with Crippen molar-refractivity contribution in [1.29, 1.82) is 0 Å². The predicted molar refractivity (Wildman–Crippen MR) is 127 cm³/mol. The highest BCUT2D eigenvalue weighted by atomic mass is 14.3. The zero-order valence-corrected chi connectivity index (χ0v) is 18.1. The summed E-state index contributed by atoms with van der Waals surface area (Å²) in [5.41, 5.74) is 12.0. The van der Waals surface area contributed by atoms with Crippen LogP contribution in [0.5, 0.6) is 0 Å². The molecule has 0 heterocycles. The minimum Gasteiger partial charge on any atom is -0.0654 e. The maximum atomic E-state index is 2.37. The molecule has 0 nitrogen and oxygen atoms in total. The summed E-state index contributed by atoms with van der Waals surface area (Å²) in [7, 11) is 0. The van der Waals surface area contributed by atoms with Crippen molar-refractivity contribution in [1.82, 2.24) is 0 Å². The lowest BCUT2D eigenvalue weighted by molar-refractivity contribution is 0.631. The van der Waals surface area contributed by atoms with Crippen molar-refractivity contribution in [2.45, 2.75) is 71.6 Å². The van der Waals surface area contributed by atoms with Crippen LogP contribution in [0.4, 0.5) is 0 Å². The molecule has 0 spiro atoms. The molecule has 0 amide bonds. The van der Waals surface area contributed by atoms with Gasteiger partial charge in [0.05, 0.1) is 0 Å². The van der Waals surface area contributed by atoms with Gasteiger partial charge in [0.15, 0.2) is 0 Å². The molecular weight excluding hydrogens is 348 g/mol. The van der Waals surface area contributed by atoms with Crippen molar-refractivity contribution < 1.29 is 0 Å². The lowest BCUT2D eigenvalue weighted by Gasteiger charge is -2.18. The van der Waals surface area contributed by atoms with E-state index in [0.717, 1.165) is 6.42 Å². The van der Waals surface area contributed by atoms with E-state index in [1.54, 1.807) is 11.1 Å². The Bertz CT molecular complexity index is 964. The quantitative estimate of drug-likeness (QED) is 0.255. The Morgan fingerprint density at radius 1 is 0.586 bits per heavy atom. The normalized spacial score (nSPS) is 12.1. The minimum atomic E-state index is 1.07. The molecule has 0 saturated heterocycles. The molecule has 3 aromatic carbocycles. The molecule has 0 radical (unpaired) electrons. The van der Waals surface area contributed by atoms with Crippen LogP contribution in [0.25, 0.3) is 22.3 Å². The zero-order chi connectivity index (χ0) is 20.1. The third-order valence-corrected chi connectivity index (χ3v) is 6.46. The summed E-state index contributed by atoms with van der Waals surface area (Å²) >= 11 is 0. The van der Waals surface area contributed by atoms with Crippen LogP contribution in [0.2, 0.25) is 0 Å². The van der Waals surface area contributed by atoms with Gasteiger partial charge < -0.3 is 0 Å². The summed E-state index contributed by atoms with van der Waals surface area (Å²) in [5.74, 6) is 0. The summed E-state index contributed by atoms with van der Waals surface area (Å²) in [4.78, 5) is 0. The number of fused-ring (bicyclic) bond motifs is 3. The van der Waals surface area contributed by atoms with Crippen molar-refractivity contribution in [3.05, 3.63) is 82.9 Å². The van der Waals surface area contributed by atoms with E-state index in [2.05, 4.69) is 74.5 Å². The van der Waals surface area contributed by atoms with E-state index in [0.29, 0.717) is 0 Å². The Kier molecular flexibility index (Phi) is 6.49. The maximum Gasteiger partial charge on any atom is -0.000728 e. The SMILES string of the molecule is CCCCCCCc1c(CCC)cccc1-c1cccc2c1Cc1ccccc1-2.